The van der Waals surface area contributed by atoms with Crippen LogP contribution in [-0.4, -0.2) is 38.8 Å². The number of halogens is 3. The zero-order chi connectivity index (χ0) is 24.0. The van der Waals surface area contributed by atoms with Gasteiger partial charge in [0.05, 0.1) is 29.3 Å². The maximum atomic E-state index is 14.1. The normalized spacial score (nSPS) is 11.4. The van der Waals surface area contributed by atoms with Crippen LogP contribution in [0.4, 0.5) is 10.1 Å². The molecule has 174 valence electrons. The Morgan fingerprint density at radius 1 is 1.12 bits per heavy atom. The quantitative estimate of drug-likeness (QED) is 0.398. The van der Waals surface area contributed by atoms with Crippen molar-refractivity contribution in [3.05, 3.63) is 87.6 Å². The Hall–Kier alpha value is -2.46. The monoisotopic (exact) mass is 554 g/mol. The maximum Gasteiger partial charge on any atom is 0.243 e. The number of nitrogens with zero attached hydrogens (tertiary/aromatic N) is 1. The molecule has 0 unspecified atom stereocenters. The average Bonchev–Trinajstić information content (AvgIpc) is 2.79. The molecule has 3 rings (SSSR count). The molecule has 1 N–H and O–H groups in total. The van der Waals surface area contributed by atoms with Crippen LogP contribution >= 0.6 is 27.5 Å². The maximum absolute atomic E-state index is 14.1. The van der Waals surface area contributed by atoms with Gasteiger partial charge in [0, 0.05) is 11.0 Å². The third kappa shape index (κ3) is 6.54. The summed E-state index contributed by atoms with van der Waals surface area (Å²) >= 11 is 9.28. The van der Waals surface area contributed by atoms with Gasteiger partial charge in [0.15, 0.2) is 0 Å². The lowest BCUT2D eigenvalue weighted by molar-refractivity contribution is -0.116. The Kier molecular flexibility index (Phi) is 8.47. The fraction of sp³-hybridized carbons (Fsp3) is 0.174. The number of amides is 1. The lowest BCUT2D eigenvalue weighted by Gasteiger charge is -2.22. The molecule has 0 aliphatic carbocycles. The van der Waals surface area contributed by atoms with Gasteiger partial charge in [0.25, 0.3) is 0 Å². The standard InChI is InChI=1S/C23H21BrClFN2O4S/c1-32-22-10-8-18(14-19(22)25)33(30,31)28(12-11-16-5-3-2-4-6-16)15-23(29)27-21-9-7-17(24)13-20(21)26/h2-10,13-14H,11-12,15H2,1H3,(H,27,29). The molecule has 0 radical (unpaired) electrons. The Morgan fingerprint density at radius 3 is 2.48 bits per heavy atom. The number of rotatable bonds is 9. The minimum Gasteiger partial charge on any atom is -0.495 e. The van der Waals surface area contributed by atoms with Gasteiger partial charge in [-0.15, -0.1) is 0 Å². The molecule has 3 aromatic rings. The summed E-state index contributed by atoms with van der Waals surface area (Å²) in [6.45, 7) is -0.472. The van der Waals surface area contributed by atoms with E-state index >= 15 is 0 Å². The minimum absolute atomic E-state index is 0.0340. The number of ether oxygens (including phenoxy) is 1. The highest BCUT2D eigenvalue weighted by molar-refractivity contribution is 9.10. The molecular formula is C23H21BrClFN2O4S. The van der Waals surface area contributed by atoms with Crippen LogP contribution in [-0.2, 0) is 21.2 Å². The molecule has 0 atom stereocenters. The van der Waals surface area contributed by atoms with Crippen LogP contribution < -0.4 is 10.1 Å². The lowest BCUT2D eigenvalue weighted by Crippen LogP contribution is -2.39. The van der Waals surface area contributed by atoms with E-state index in [1.54, 1.807) is 6.07 Å². The number of hydrogen-bond acceptors (Lipinski definition) is 4. The van der Waals surface area contributed by atoms with E-state index in [4.69, 9.17) is 16.3 Å². The van der Waals surface area contributed by atoms with Gasteiger partial charge in [0.1, 0.15) is 11.6 Å². The molecule has 0 saturated carbocycles. The first-order chi connectivity index (χ1) is 15.7. The molecule has 10 heteroatoms. The van der Waals surface area contributed by atoms with Gasteiger partial charge in [-0.3, -0.25) is 4.79 Å². The molecule has 3 aromatic carbocycles. The Morgan fingerprint density at radius 2 is 1.85 bits per heavy atom. The fourth-order valence-corrected chi connectivity index (χ4v) is 5.16. The van der Waals surface area contributed by atoms with Crippen LogP contribution in [0.2, 0.25) is 5.02 Å². The van der Waals surface area contributed by atoms with Crippen LogP contribution in [0.1, 0.15) is 5.56 Å². The SMILES string of the molecule is COc1ccc(S(=O)(=O)N(CCc2ccccc2)CC(=O)Nc2ccc(Br)cc2F)cc1Cl. The Labute approximate surface area is 205 Å². The number of benzene rings is 3. The number of methoxy groups -OCH3 is 1. The highest BCUT2D eigenvalue weighted by Gasteiger charge is 2.27. The molecule has 0 fully saturated rings. The molecule has 33 heavy (non-hydrogen) atoms. The average molecular weight is 556 g/mol. The summed E-state index contributed by atoms with van der Waals surface area (Å²) in [7, 11) is -2.67. The largest absolute Gasteiger partial charge is 0.495 e. The van der Waals surface area contributed by atoms with E-state index in [2.05, 4.69) is 21.2 Å². The van der Waals surface area contributed by atoms with Gasteiger partial charge >= 0.3 is 0 Å². The van der Waals surface area contributed by atoms with E-state index in [1.807, 2.05) is 30.3 Å². The number of carbonyl (C=O) groups is 1. The Balaban J connectivity index is 1.86. The minimum atomic E-state index is -4.09. The number of carbonyl (C=O) groups excluding carboxylic acids is 1. The van der Waals surface area contributed by atoms with Gasteiger partial charge in [-0.1, -0.05) is 57.9 Å². The summed E-state index contributed by atoms with van der Waals surface area (Å²) < 4.78 is 47.5. The summed E-state index contributed by atoms with van der Waals surface area (Å²) in [5, 5.41) is 2.56. The van der Waals surface area contributed by atoms with Crippen LogP contribution in [0.25, 0.3) is 0 Å². The third-order valence-electron chi connectivity index (χ3n) is 4.78. The molecule has 0 aliphatic heterocycles. The molecule has 0 spiro atoms. The number of anilines is 1. The van der Waals surface area contributed by atoms with Crippen molar-refractivity contribution in [2.75, 3.05) is 25.5 Å². The predicted octanol–water partition coefficient (Wildman–Crippen LogP) is 5.12. The van der Waals surface area contributed by atoms with Crippen molar-refractivity contribution in [1.82, 2.24) is 4.31 Å². The van der Waals surface area contributed by atoms with Gasteiger partial charge in [-0.2, -0.15) is 4.31 Å². The van der Waals surface area contributed by atoms with Gasteiger partial charge in [0.2, 0.25) is 15.9 Å². The van der Waals surface area contributed by atoms with Gasteiger partial charge in [-0.05, 0) is 48.4 Å². The van der Waals surface area contributed by atoms with Crippen LogP contribution in [0.3, 0.4) is 0 Å². The summed E-state index contributed by atoms with van der Waals surface area (Å²) in [5.74, 6) is -0.985. The van der Waals surface area contributed by atoms with E-state index in [-0.39, 0.29) is 22.2 Å². The van der Waals surface area contributed by atoms with E-state index in [1.165, 1.54) is 37.4 Å². The first-order valence-corrected chi connectivity index (χ1v) is 12.4. The molecule has 0 bridgehead atoms. The zero-order valence-electron chi connectivity index (χ0n) is 17.6. The molecule has 6 nitrogen and oxygen atoms in total. The molecule has 1 amide bonds. The van der Waals surface area contributed by atoms with Crippen LogP contribution in [0.5, 0.6) is 5.75 Å². The summed E-state index contributed by atoms with van der Waals surface area (Å²) in [6, 6.07) is 17.5. The summed E-state index contributed by atoms with van der Waals surface area (Å²) in [4.78, 5) is 12.6. The number of sulfonamides is 1. The molecule has 0 saturated heterocycles. The first kappa shape index (κ1) is 25.2. The summed E-state index contributed by atoms with van der Waals surface area (Å²) in [5.41, 5.74) is 0.862. The topological polar surface area (TPSA) is 75.7 Å². The van der Waals surface area contributed by atoms with Crippen molar-refractivity contribution in [1.29, 1.82) is 0 Å². The molecule has 0 aromatic heterocycles. The second-order valence-electron chi connectivity index (χ2n) is 7.04. The first-order valence-electron chi connectivity index (χ1n) is 9.83. The highest BCUT2D eigenvalue weighted by Crippen LogP contribution is 2.28. The van der Waals surface area contributed by atoms with Crippen molar-refractivity contribution in [2.24, 2.45) is 0 Å². The predicted molar refractivity (Wildman–Crippen MR) is 130 cm³/mol. The van der Waals surface area contributed by atoms with Crippen molar-refractivity contribution in [3.8, 4) is 5.75 Å². The third-order valence-corrected chi connectivity index (χ3v) is 7.41. The lowest BCUT2D eigenvalue weighted by atomic mass is 10.1. The summed E-state index contributed by atoms with van der Waals surface area (Å²) in [6.07, 6.45) is 0.379. The van der Waals surface area contributed by atoms with E-state index in [0.29, 0.717) is 16.6 Å². The van der Waals surface area contributed by atoms with Crippen LogP contribution in [0, 0.1) is 5.82 Å². The number of nitrogens with one attached hydrogen (secondary N) is 1. The fourth-order valence-electron chi connectivity index (χ4n) is 3.08. The van der Waals surface area contributed by atoms with Gasteiger partial charge < -0.3 is 10.1 Å². The van der Waals surface area contributed by atoms with Crippen molar-refractivity contribution < 1.29 is 22.3 Å². The van der Waals surface area contributed by atoms with Crippen molar-refractivity contribution >= 4 is 49.1 Å². The van der Waals surface area contributed by atoms with E-state index in [9.17, 15) is 17.6 Å². The van der Waals surface area contributed by atoms with Crippen molar-refractivity contribution in [3.63, 3.8) is 0 Å². The van der Waals surface area contributed by atoms with E-state index in [0.717, 1.165) is 9.87 Å². The van der Waals surface area contributed by atoms with Crippen LogP contribution in [0.15, 0.2) is 76.1 Å². The smallest absolute Gasteiger partial charge is 0.243 e. The van der Waals surface area contributed by atoms with Gasteiger partial charge in [-0.25, -0.2) is 12.8 Å². The molecule has 0 aliphatic rings. The Bertz CT molecular complexity index is 1240. The molecule has 0 heterocycles. The zero-order valence-corrected chi connectivity index (χ0v) is 20.8. The number of hydrogen-bond donors (Lipinski definition) is 1. The molecular weight excluding hydrogens is 535 g/mol. The second-order valence-corrected chi connectivity index (χ2v) is 10.3. The van der Waals surface area contributed by atoms with E-state index < -0.39 is 28.3 Å². The second kappa shape index (κ2) is 11.1. The van der Waals surface area contributed by atoms with Crippen molar-refractivity contribution in [2.45, 2.75) is 11.3 Å². The highest BCUT2D eigenvalue weighted by atomic mass is 79.9.